The van der Waals surface area contributed by atoms with Crippen LogP contribution in [0.15, 0.2) is 46.9 Å². The molecule has 0 saturated heterocycles. The number of carbonyl (C=O) groups is 1. The fourth-order valence-electron chi connectivity index (χ4n) is 2.04. The summed E-state index contributed by atoms with van der Waals surface area (Å²) in [4.78, 5) is 14.2. The summed E-state index contributed by atoms with van der Waals surface area (Å²) < 4.78 is 0.654. The van der Waals surface area contributed by atoms with Gasteiger partial charge in [-0.1, -0.05) is 30.3 Å². The maximum absolute atomic E-state index is 12.5. The van der Waals surface area contributed by atoms with Gasteiger partial charge < -0.3 is 10.6 Å². The van der Waals surface area contributed by atoms with Gasteiger partial charge in [0.25, 0.3) is 5.91 Å². The first-order valence-corrected chi connectivity index (χ1v) is 7.14. The van der Waals surface area contributed by atoms with Crippen LogP contribution in [0.3, 0.4) is 0 Å². The van der Waals surface area contributed by atoms with Crippen molar-refractivity contribution in [2.24, 2.45) is 0 Å². The molecule has 0 bridgehead atoms. The molecular weight excluding hydrogens is 316 g/mol. The third kappa shape index (κ3) is 3.02. The number of carbonyl (C=O) groups excluding carboxylic acids is 1. The van der Waals surface area contributed by atoms with Gasteiger partial charge in [0.1, 0.15) is 0 Å². The van der Waals surface area contributed by atoms with E-state index >= 15 is 0 Å². The summed E-state index contributed by atoms with van der Waals surface area (Å²) in [5.74, 6) is -0.0487. The quantitative estimate of drug-likeness (QED) is 0.872. The zero-order valence-corrected chi connectivity index (χ0v) is 13.1. The van der Waals surface area contributed by atoms with Crippen molar-refractivity contribution in [2.45, 2.75) is 13.5 Å². The molecule has 1 amide bonds. The van der Waals surface area contributed by atoms with Crippen molar-refractivity contribution in [3.63, 3.8) is 0 Å². The fourth-order valence-corrected chi connectivity index (χ4v) is 2.47. The molecule has 2 aromatic carbocycles. The molecule has 0 heterocycles. The Kier molecular flexibility index (Phi) is 4.45. The van der Waals surface area contributed by atoms with E-state index in [1.165, 1.54) is 5.56 Å². The first-order chi connectivity index (χ1) is 9.50. The number of hydrogen-bond acceptors (Lipinski definition) is 2. The number of nitrogens with two attached hydrogens (primary N) is 1. The van der Waals surface area contributed by atoms with Gasteiger partial charge in [0.15, 0.2) is 0 Å². The van der Waals surface area contributed by atoms with E-state index in [0.717, 1.165) is 5.56 Å². The van der Waals surface area contributed by atoms with Crippen LogP contribution in [0.1, 0.15) is 21.5 Å². The Morgan fingerprint density at radius 1 is 1.20 bits per heavy atom. The summed E-state index contributed by atoms with van der Waals surface area (Å²) in [5.41, 5.74) is 9.29. The average molecular weight is 333 g/mol. The van der Waals surface area contributed by atoms with Crippen LogP contribution in [0, 0.1) is 6.92 Å². The molecular formula is C16H17BrN2O. The third-order valence-corrected chi connectivity index (χ3v) is 4.16. The molecule has 2 N–H and O–H groups in total. The fraction of sp³-hybridized carbons (Fsp3) is 0.188. The smallest absolute Gasteiger partial charge is 0.255 e. The Morgan fingerprint density at radius 2 is 1.90 bits per heavy atom. The van der Waals surface area contributed by atoms with Crippen LogP contribution < -0.4 is 5.73 Å². The van der Waals surface area contributed by atoms with Gasteiger partial charge in [-0.05, 0) is 46.1 Å². The average Bonchev–Trinajstić information content (AvgIpc) is 2.43. The summed E-state index contributed by atoms with van der Waals surface area (Å²) in [6.07, 6.45) is 0. The van der Waals surface area contributed by atoms with E-state index in [1.54, 1.807) is 30.1 Å². The predicted octanol–water partition coefficient (Wildman–Crippen LogP) is 3.61. The van der Waals surface area contributed by atoms with Crippen molar-refractivity contribution in [1.82, 2.24) is 4.90 Å². The highest BCUT2D eigenvalue weighted by Gasteiger charge is 2.16. The minimum Gasteiger partial charge on any atom is -0.398 e. The lowest BCUT2D eigenvalue weighted by Gasteiger charge is -2.19. The molecule has 0 aromatic heterocycles. The molecule has 20 heavy (non-hydrogen) atoms. The summed E-state index contributed by atoms with van der Waals surface area (Å²) in [6, 6.07) is 13.4. The van der Waals surface area contributed by atoms with E-state index in [9.17, 15) is 4.79 Å². The lowest BCUT2D eigenvalue weighted by atomic mass is 10.1. The van der Waals surface area contributed by atoms with Gasteiger partial charge in [0, 0.05) is 19.3 Å². The maximum Gasteiger partial charge on any atom is 0.255 e. The van der Waals surface area contributed by atoms with Crippen LogP contribution in [0.4, 0.5) is 5.69 Å². The number of anilines is 1. The molecule has 0 atom stereocenters. The van der Waals surface area contributed by atoms with Gasteiger partial charge in [0.05, 0.1) is 10.0 Å². The van der Waals surface area contributed by atoms with Crippen LogP contribution in [-0.2, 0) is 6.54 Å². The topological polar surface area (TPSA) is 46.3 Å². The second-order valence-electron chi connectivity index (χ2n) is 4.80. The monoisotopic (exact) mass is 332 g/mol. The largest absolute Gasteiger partial charge is 0.398 e. The normalized spacial score (nSPS) is 10.3. The van der Waals surface area contributed by atoms with Gasteiger partial charge in [-0.2, -0.15) is 0 Å². The molecule has 0 fully saturated rings. The van der Waals surface area contributed by atoms with Crippen LogP contribution in [0.2, 0.25) is 0 Å². The minimum absolute atomic E-state index is 0.0487. The molecule has 3 nitrogen and oxygen atoms in total. The van der Waals surface area contributed by atoms with Gasteiger partial charge in [0.2, 0.25) is 0 Å². The Labute approximate surface area is 127 Å². The Bertz CT molecular complexity index is 640. The number of nitrogen functional groups attached to an aromatic ring is 1. The Hall–Kier alpha value is -1.81. The second-order valence-corrected chi connectivity index (χ2v) is 5.59. The molecule has 2 aromatic rings. The number of nitrogens with zero attached hydrogens (tertiary/aromatic N) is 1. The first-order valence-electron chi connectivity index (χ1n) is 6.34. The van der Waals surface area contributed by atoms with Crippen molar-refractivity contribution < 1.29 is 4.79 Å². The van der Waals surface area contributed by atoms with E-state index in [2.05, 4.69) is 15.9 Å². The molecule has 2 rings (SSSR count). The summed E-state index contributed by atoms with van der Waals surface area (Å²) >= 11 is 3.38. The van der Waals surface area contributed by atoms with Crippen LogP contribution in [0.25, 0.3) is 0 Å². The van der Waals surface area contributed by atoms with Crippen LogP contribution in [-0.4, -0.2) is 17.9 Å². The molecule has 0 aliphatic carbocycles. The van der Waals surface area contributed by atoms with Gasteiger partial charge in [-0.3, -0.25) is 4.79 Å². The van der Waals surface area contributed by atoms with Crippen LogP contribution >= 0.6 is 15.9 Å². The molecule has 4 heteroatoms. The van der Waals surface area contributed by atoms with E-state index < -0.39 is 0 Å². The molecule has 104 valence electrons. The summed E-state index contributed by atoms with van der Waals surface area (Å²) in [6.45, 7) is 2.62. The van der Waals surface area contributed by atoms with Gasteiger partial charge >= 0.3 is 0 Å². The SMILES string of the molecule is Cc1ccccc1CN(C)C(=O)c1cccc(N)c1Br. The number of amides is 1. The number of halogens is 1. The highest BCUT2D eigenvalue weighted by atomic mass is 79.9. The zero-order chi connectivity index (χ0) is 14.7. The van der Waals surface area contributed by atoms with E-state index in [4.69, 9.17) is 5.73 Å². The van der Waals surface area contributed by atoms with Crippen molar-refractivity contribution in [1.29, 1.82) is 0 Å². The maximum atomic E-state index is 12.5. The second kappa shape index (κ2) is 6.09. The van der Waals surface area contributed by atoms with Crippen molar-refractivity contribution in [3.05, 3.63) is 63.6 Å². The van der Waals surface area contributed by atoms with Crippen molar-refractivity contribution in [3.8, 4) is 0 Å². The van der Waals surface area contributed by atoms with Gasteiger partial charge in [-0.15, -0.1) is 0 Å². The minimum atomic E-state index is -0.0487. The third-order valence-electron chi connectivity index (χ3n) is 3.27. The van der Waals surface area contributed by atoms with E-state index in [0.29, 0.717) is 22.3 Å². The highest BCUT2D eigenvalue weighted by molar-refractivity contribution is 9.10. The molecule has 0 spiro atoms. The summed E-state index contributed by atoms with van der Waals surface area (Å²) in [7, 11) is 1.80. The Balaban J connectivity index is 2.21. The number of hydrogen-bond donors (Lipinski definition) is 1. The van der Waals surface area contributed by atoms with Crippen molar-refractivity contribution in [2.75, 3.05) is 12.8 Å². The first kappa shape index (κ1) is 14.6. The Morgan fingerprint density at radius 3 is 2.60 bits per heavy atom. The summed E-state index contributed by atoms with van der Waals surface area (Å²) in [5, 5.41) is 0. The van der Waals surface area contributed by atoms with Crippen molar-refractivity contribution >= 4 is 27.5 Å². The van der Waals surface area contributed by atoms with E-state index in [1.807, 2.05) is 31.2 Å². The number of benzene rings is 2. The molecule has 0 aliphatic rings. The highest BCUT2D eigenvalue weighted by Crippen LogP contribution is 2.25. The lowest BCUT2D eigenvalue weighted by molar-refractivity contribution is 0.0784. The predicted molar refractivity (Wildman–Crippen MR) is 85.5 cm³/mol. The lowest BCUT2D eigenvalue weighted by Crippen LogP contribution is -2.27. The number of rotatable bonds is 3. The van der Waals surface area contributed by atoms with Crippen LogP contribution in [0.5, 0.6) is 0 Å². The number of aryl methyl sites for hydroxylation is 1. The molecule has 0 unspecified atom stereocenters. The van der Waals surface area contributed by atoms with Gasteiger partial charge in [-0.25, -0.2) is 0 Å². The van der Waals surface area contributed by atoms with E-state index in [-0.39, 0.29) is 5.91 Å². The molecule has 0 radical (unpaired) electrons. The standard InChI is InChI=1S/C16H17BrN2O/c1-11-6-3-4-7-12(11)10-19(2)16(20)13-8-5-9-14(18)15(13)17/h3-9H,10,18H2,1-2H3. The molecule has 0 aliphatic heterocycles. The molecule has 0 saturated carbocycles. The zero-order valence-electron chi connectivity index (χ0n) is 11.6.